The fourth-order valence-electron chi connectivity index (χ4n) is 5.44. The third-order valence-corrected chi connectivity index (χ3v) is 7.80. The Morgan fingerprint density at radius 3 is 2.43 bits per heavy atom. The van der Waals surface area contributed by atoms with Crippen LogP contribution in [0, 0.1) is 11.3 Å². The lowest BCUT2D eigenvalue weighted by atomic mass is 9.87. The van der Waals surface area contributed by atoms with Gasteiger partial charge in [0, 0.05) is 37.5 Å². The summed E-state index contributed by atoms with van der Waals surface area (Å²) in [4.78, 5) is 10.1. The van der Waals surface area contributed by atoms with Gasteiger partial charge in [-0.2, -0.15) is 0 Å². The van der Waals surface area contributed by atoms with Crippen LogP contribution in [-0.2, 0) is 19.5 Å². The first kappa shape index (κ1) is 25.7. The molecule has 2 aromatic heterocycles. The van der Waals surface area contributed by atoms with E-state index in [4.69, 9.17) is 9.97 Å². The Kier molecular flexibility index (Phi) is 7.52. The van der Waals surface area contributed by atoms with Crippen molar-refractivity contribution in [2.45, 2.75) is 85.9 Å². The molecule has 0 bridgehead atoms. The Labute approximate surface area is 222 Å². The summed E-state index contributed by atoms with van der Waals surface area (Å²) in [5, 5.41) is 8.42. The van der Waals surface area contributed by atoms with Crippen molar-refractivity contribution in [1.29, 1.82) is 0 Å². The third-order valence-electron chi connectivity index (χ3n) is 7.80. The van der Waals surface area contributed by atoms with Crippen LogP contribution in [0.15, 0.2) is 48.5 Å². The van der Waals surface area contributed by atoms with E-state index in [1.54, 1.807) is 0 Å². The van der Waals surface area contributed by atoms with Gasteiger partial charge in [0.2, 0.25) is 0 Å². The predicted molar refractivity (Wildman–Crippen MR) is 156 cm³/mol. The highest BCUT2D eigenvalue weighted by molar-refractivity contribution is 6.07. The van der Waals surface area contributed by atoms with Crippen molar-refractivity contribution >= 4 is 27.8 Å². The first-order valence-electron chi connectivity index (χ1n) is 14.2. The average Bonchev–Trinajstić information content (AvgIpc) is 3.67. The van der Waals surface area contributed by atoms with Gasteiger partial charge in [-0.3, -0.25) is 0 Å². The molecule has 2 aromatic carbocycles. The van der Waals surface area contributed by atoms with Gasteiger partial charge in [-0.1, -0.05) is 69.7 Å². The number of hydrogen-bond acceptors (Lipinski definition) is 4. The van der Waals surface area contributed by atoms with Crippen LogP contribution in [0.2, 0.25) is 0 Å². The number of nitrogens with one attached hydrogen (secondary N) is 2. The summed E-state index contributed by atoms with van der Waals surface area (Å²) in [5.74, 6) is 2.93. The molecule has 0 aliphatic heterocycles. The maximum absolute atomic E-state index is 5.18. The van der Waals surface area contributed by atoms with Crippen molar-refractivity contribution in [2.75, 3.05) is 11.9 Å². The van der Waals surface area contributed by atoms with Gasteiger partial charge >= 0.3 is 0 Å². The molecule has 4 aromatic rings. The average molecular weight is 498 g/mol. The maximum Gasteiger partial charge on any atom is 0.155 e. The van der Waals surface area contributed by atoms with Crippen molar-refractivity contribution in [3.8, 4) is 0 Å². The topological polar surface area (TPSA) is 54.8 Å². The Morgan fingerprint density at radius 2 is 1.73 bits per heavy atom. The van der Waals surface area contributed by atoms with Crippen LogP contribution in [0.4, 0.5) is 5.82 Å². The zero-order valence-corrected chi connectivity index (χ0v) is 23.3. The van der Waals surface area contributed by atoms with E-state index in [0.717, 1.165) is 67.5 Å². The van der Waals surface area contributed by atoms with Gasteiger partial charge < -0.3 is 15.2 Å². The van der Waals surface area contributed by atoms with Crippen LogP contribution in [0.3, 0.4) is 0 Å². The minimum atomic E-state index is 0.289. The van der Waals surface area contributed by atoms with E-state index < -0.39 is 0 Å². The summed E-state index contributed by atoms with van der Waals surface area (Å²) in [6.45, 7) is 14.2. The monoisotopic (exact) mass is 497 g/mol. The third kappa shape index (κ3) is 5.82. The Balaban J connectivity index is 1.44. The largest absolute Gasteiger partial charge is 0.366 e. The van der Waals surface area contributed by atoms with Gasteiger partial charge in [-0.05, 0) is 61.6 Å². The molecular formula is C32H43N5. The van der Waals surface area contributed by atoms with E-state index in [9.17, 15) is 0 Å². The Hall–Kier alpha value is -2.92. The molecule has 1 fully saturated rings. The summed E-state index contributed by atoms with van der Waals surface area (Å²) in [6.07, 6.45) is 6.04. The van der Waals surface area contributed by atoms with Crippen LogP contribution in [0.5, 0.6) is 0 Å². The van der Waals surface area contributed by atoms with Crippen LogP contribution < -0.4 is 10.6 Å². The molecule has 196 valence electrons. The lowest BCUT2D eigenvalue weighted by Crippen LogP contribution is -2.30. The van der Waals surface area contributed by atoms with Crippen molar-refractivity contribution in [3.05, 3.63) is 65.5 Å². The summed E-state index contributed by atoms with van der Waals surface area (Å²) in [7, 11) is 0. The first-order chi connectivity index (χ1) is 17.9. The zero-order chi connectivity index (χ0) is 26.0. The second-order valence-electron chi connectivity index (χ2n) is 11.9. The van der Waals surface area contributed by atoms with Crippen molar-refractivity contribution in [1.82, 2.24) is 19.9 Å². The van der Waals surface area contributed by atoms with Crippen LogP contribution in [0.1, 0.15) is 77.3 Å². The highest BCUT2D eigenvalue weighted by atomic mass is 15.1. The zero-order valence-electron chi connectivity index (χ0n) is 23.3. The standard InChI is InChI=1S/C32H43N5/c1-6-7-12-28-36-29-30(26-10-8-9-11-27(26)35-31(29)34-22(2)3)37(28)20-24-15-13-23(14-16-24)19-33-21-32(4,5)25-17-18-25/h8-11,13-16,22,25,33H,6-7,12,17-21H2,1-5H3,(H,34,35). The fourth-order valence-corrected chi connectivity index (χ4v) is 5.44. The smallest absolute Gasteiger partial charge is 0.155 e. The molecule has 0 radical (unpaired) electrons. The molecule has 0 amide bonds. The second-order valence-corrected chi connectivity index (χ2v) is 11.9. The van der Waals surface area contributed by atoms with Gasteiger partial charge in [0.15, 0.2) is 5.82 Å². The van der Waals surface area contributed by atoms with Crippen molar-refractivity contribution in [3.63, 3.8) is 0 Å². The van der Waals surface area contributed by atoms with E-state index in [1.807, 2.05) is 0 Å². The van der Waals surface area contributed by atoms with Gasteiger partial charge in [0.1, 0.15) is 11.3 Å². The molecule has 0 spiro atoms. The molecule has 0 atom stereocenters. The Morgan fingerprint density at radius 1 is 1.00 bits per heavy atom. The quantitative estimate of drug-likeness (QED) is 0.215. The molecule has 1 saturated carbocycles. The Bertz CT molecular complexity index is 1350. The number of pyridine rings is 1. The molecule has 2 heterocycles. The molecule has 5 nitrogen and oxygen atoms in total. The molecule has 5 heteroatoms. The number of rotatable bonds is 12. The number of aryl methyl sites for hydroxylation is 1. The van der Waals surface area contributed by atoms with Crippen molar-refractivity contribution < 1.29 is 0 Å². The number of fused-ring (bicyclic) bond motifs is 3. The number of para-hydroxylation sites is 1. The van der Waals surface area contributed by atoms with Gasteiger partial charge in [0.05, 0.1) is 11.0 Å². The SMILES string of the molecule is CCCCc1nc2c(NC(C)C)nc3ccccc3c2n1Cc1ccc(CNCC(C)(C)C2CC2)cc1. The number of hydrogen-bond donors (Lipinski definition) is 2. The summed E-state index contributed by atoms with van der Waals surface area (Å²) < 4.78 is 2.44. The van der Waals surface area contributed by atoms with E-state index in [0.29, 0.717) is 5.41 Å². The van der Waals surface area contributed by atoms with Crippen molar-refractivity contribution in [2.24, 2.45) is 11.3 Å². The lowest BCUT2D eigenvalue weighted by Gasteiger charge is -2.24. The number of benzene rings is 2. The molecule has 5 rings (SSSR count). The molecule has 37 heavy (non-hydrogen) atoms. The minimum Gasteiger partial charge on any atom is -0.366 e. The van der Waals surface area contributed by atoms with E-state index >= 15 is 0 Å². The molecule has 0 unspecified atom stereocenters. The van der Waals surface area contributed by atoms with Gasteiger partial charge in [0.25, 0.3) is 0 Å². The highest BCUT2D eigenvalue weighted by Crippen LogP contribution is 2.44. The number of anilines is 1. The lowest BCUT2D eigenvalue weighted by molar-refractivity contribution is 0.291. The number of unbranched alkanes of at least 4 members (excludes halogenated alkanes) is 1. The molecule has 1 aliphatic rings. The fraction of sp³-hybridized carbons (Fsp3) is 0.500. The molecule has 2 N–H and O–H groups in total. The summed E-state index contributed by atoms with van der Waals surface area (Å²) in [6, 6.07) is 17.9. The van der Waals surface area contributed by atoms with Crippen LogP contribution >= 0.6 is 0 Å². The van der Waals surface area contributed by atoms with Crippen LogP contribution in [0.25, 0.3) is 21.9 Å². The van der Waals surface area contributed by atoms with E-state index in [1.165, 1.54) is 34.9 Å². The summed E-state index contributed by atoms with van der Waals surface area (Å²) in [5.41, 5.74) is 6.23. The number of imidazole rings is 1. The molecule has 0 saturated heterocycles. The first-order valence-corrected chi connectivity index (χ1v) is 14.2. The molecule has 1 aliphatic carbocycles. The molecular weight excluding hydrogens is 454 g/mol. The summed E-state index contributed by atoms with van der Waals surface area (Å²) >= 11 is 0. The van der Waals surface area contributed by atoms with Gasteiger partial charge in [-0.15, -0.1) is 0 Å². The van der Waals surface area contributed by atoms with E-state index in [-0.39, 0.29) is 6.04 Å². The maximum atomic E-state index is 5.18. The van der Waals surface area contributed by atoms with Gasteiger partial charge in [-0.25, -0.2) is 9.97 Å². The second kappa shape index (κ2) is 10.8. The number of aromatic nitrogens is 3. The van der Waals surface area contributed by atoms with E-state index in [2.05, 4.69) is 98.4 Å². The number of nitrogens with zero attached hydrogens (tertiary/aromatic N) is 3. The normalized spacial score (nSPS) is 14.2. The highest BCUT2D eigenvalue weighted by Gasteiger charge is 2.37. The van der Waals surface area contributed by atoms with Crippen LogP contribution in [-0.4, -0.2) is 27.1 Å². The predicted octanol–water partition coefficient (Wildman–Crippen LogP) is 7.32. The minimum absolute atomic E-state index is 0.289.